The van der Waals surface area contributed by atoms with Crippen LogP contribution in [0.4, 0.5) is 13.2 Å². The molecule has 1 aliphatic rings. The number of amides is 1. The van der Waals surface area contributed by atoms with Crippen molar-refractivity contribution >= 4 is 23.5 Å². The maximum absolute atomic E-state index is 12.8. The third-order valence-electron chi connectivity index (χ3n) is 5.04. The lowest BCUT2D eigenvalue weighted by Gasteiger charge is -2.34. The molecule has 1 aromatic carbocycles. The van der Waals surface area contributed by atoms with Gasteiger partial charge in [0.15, 0.2) is 11.4 Å². The Labute approximate surface area is 198 Å². The van der Waals surface area contributed by atoms with E-state index in [0.29, 0.717) is 36.9 Å². The monoisotopic (exact) mass is 503 g/mol. The number of aromatic nitrogens is 1. The molecule has 2 aromatic rings. The number of benzene rings is 1. The van der Waals surface area contributed by atoms with Crippen molar-refractivity contribution in [2.45, 2.75) is 45.7 Å². The number of aliphatic carboxylic acids is 1. The van der Waals surface area contributed by atoms with Gasteiger partial charge in [0.25, 0.3) is 5.91 Å². The molecular formula is C22H25ClF3N3O5. The normalized spacial score (nSPS) is 13.6. The molecule has 0 atom stereocenters. The topological polar surface area (TPSA) is 103 Å². The largest absolute Gasteiger partial charge is 0.503 e. The lowest BCUT2D eigenvalue weighted by atomic mass is 10.1. The van der Waals surface area contributed by atoms with Crippen LogP contribution in [0.5, 0.6) is 5.75 Å². The summed E-state index contributed by atoms with van der Waals surface area (Å²) in [5.41, 5.74) is 1.35. The second-order valence-corrected chi connectivity index (χ2v) is 8.48. The second-order valence-electron chi connectivity index (χ2n) is 8.05. The van der Waals surface area contributed by atoms with Crippen LogP contribution in [0.2, 0.25) is 5.02 Å². The molecule has 0 aliphatic carbocycles. The Morgan fingerprint density at radius 1 is 1.18 bits per heavy atom. The standard InChI is InChI=1S/C20H24ClN3O3.C2HF3O2/c1-13(2)23-7-8-24-16(10-17(25)19(26)18(24)20(23)27)12-22(3)11-14-5-4-6-15(21)9-14;3-2(4,5)1(6)7/h4-6,9-10,13,26H,7-8,11-12H2,1-3H3;(H,6,7). The molecule has 0 saturated heterocycles. The Morgan fingerprint density at radius 2 is 1.79 bits per heavy atom. The molecule has 2 heterocycles. The van der Waals surface area contributed by atoms with E-state index in [2.05, 4.69) is 0 Å². The molecule has 0 spiro atoms. The third-order valence-corrected chi connectivity index (χ3v) is 5.27. The summed E-state index contributed by atoms with van der Waals surface area (Å²) in [6, 6.07) is 9.05. The predicted molar refractivity (Wildman–Crippen MR) is 119 cm³/mol. The van der Waals surface area contributed by atoms with Crippen LogP contribution < -0.4 is 5.43 Å². The van der Waals surface area contributed by atoms with Crippen molar-refractivity contribution in [1.29, 1.82) is 0 Å². The molecule has 1 aromatic heterocycles. The summed E-state index contributed by atoms with van der Waals surface area (Å²) in [5.74, 6) is -3.52. The Balaban J connectivity index is 0.000000509. The first-order valence-electron chi connectivity index (χ1n) is 10.2. The molecule has 2 N–H and O–H groups in total. The van der Waals surface area contributed by atoms with Crippen molar-refractivity contribution in [1.82, 2.24) is 14.4 Å². The van der Waals surface area contributed by atoms with Crippen LogP contribution in [-0.2, 0) is 24.4 Å². The molecule has 1 amide bonds. The number of carboxylic acid groups (broad SMARTS) is 1. The van der Waals surface area contributed by atoms with Gasteiger partial charge in [0.1, 0.15) is 0 Å². The summed E-state index contributed by atoms with van der Waals surface area (Å²) >= 11 is 6.04. The zero-order valence-electron chi connectivity index (χ0n) is 18.8. The van der Waals surface area contributed by atoms with Crippen LogP contribution in [0.1, 0.15) is 35.6 Å². The summed E-state index contributed by atoms with van der Waals surface area (Å²) in [5, 5.41) is 18.0. The van der Waals surface area contributed by atoms with Crippen molar-refractivity contribution < 1.29 is 33.0 Å². The molecular weight excluding hydrogens is 479 g/mol. The lowest BCUT2D eigenvalue weighted by molar-refractivity contribution is -0.192. The molecule has 0 radical (unpaired) electrons. The van der Waals surface area contributed by atoms with E-state index < -0.39 is 23.3 Å². The summed E-state index contributed by atoms with van der Waals surface area (Å²) < 4.78 is 33.5. The van der Waals surface area contributed by atoms with Gasteiger partial charge in [-0.25, -0.2) is 4.79 Å². The zero-order valence-corrected chi connectivity index (χ0v) is 19.5. The fourth-order valence-electron chi connectivity index (χ4n) is 3.51. The van der Waals surface area contributed by atoms with Gasteiger partial charge >= 0.3 is 12.1 Å². The smallest absolute Gasteiger partial charge is 0.490 e. The molecule has 0 unspecified atom stereocenters. The Hall–Kier alpha value is -3.05. The van der Waals surface area contributed by atoms with E-state index in [1.807, 2.05) is 50.1 Å². The van der Waals surface area contributed by atoms with Gasteiger partial charge in [0, 0.05) is 49.0 Å². The molecule has 8 nitrogen and oxygen atoms in total. The Bertz CT molecular complexity index is 1120. The SMILES string of the molecule is CC(C)N1CCn2c(CN(C)Cc3cccc(Cl)c3)cc(=O)c(O)c2C1=O.O=C(O)C(F)(F)F. The summed E-state index contributed by atoms with van der Waals surface area (Å²) in [7, 11) is 1.94. The molecule has 0 bridgehead atoms. The third kappa shape index (κ3) is 6.73. The van der Waals surface area contributed by atoms with E-state index >= 15 is 0 Å². The highest BCUT2D eigenvalue weighted by Gasteiger charge is 2.38. The van der Waals surface area contributed by atoms with E-state index in [0.717, 1.165) is 5.56 Å². The first-order valence-corrected chi connectivity index (χ1v) is 10.6. The number of aromatic hydroxyl groups is 1. The highest BCUT2D eigenvalue weighted by atomic mass is 35.5. The molecule has 186 valence electrons. The van der Waals surface area contributed by atoms with Crippen molar-refractivity contribution in [2.75, 3.05) is 13.6 Å². The van der Waals surface area contributed by atoms with Gasteiger partial charge in [0.2, 0.25) is 5.43 Å². The van der Waals surface area contributed by atoms with Crippen LogP contribution in [0.3, 0.4) is 0 Å². The number of carboxylic acids is 1. The Morgan fingerprint density at radius 3 is 2.32 bits per heavy atom. The van der Waals surface area contributed by atoms with Crippen LogP contribution in [0.15, 0.2) is 35.1 Å². The number of carbonyl (C=O) groups is 2. The number of halogens is 4. The number of nitrogens with zero attached hydrogens (tertiary/aromatic N) is 3. The maximum atomic E-state index is 12.8. The minimum Gasteiger partial charge on any atom is -0.503 e. The number of carbonyl (C=O) groups excluding carboxylic acids is 1. The fourth-order valence-corrected chi connectivity index (χ4v) is 3.72. The number of alkyl halides is 3. The summed E-state index contributed by atoms with van der Waals surface area (Å²) in [6.07, 6.45) is -5.08. The number of hydrogen-bond donors (Lipinski definition) is 2. The number of pyridine rings is 1. The van der Waals surface area contributed by atoms with Gasteiger partial charge in [-0.05, 0) is 38.6 Å². The summed E-state index contributed by atoms with van der Waals surface area (Å²) in [4.78, 5) is 37.6. The van der Waals surface area contributed by atoms with Gasteiger partial charge in [-0.15, -0.1) is 0 Å². The van der Waals surface area contributed by atoms with Crippen molar-refractivity contribution in [2.24, 2.45) is 0 Å². The van der Waals surface area contributed by atoms with E-state index in [9.17, 15) is 27.9 Å². The van der Waals surface area contributed by atoms with Crippen molar-refractivity contribution in [3.05, 3.63) is 62.5 Å². The van der Waals surface area contributed by atoms with Crippen LogP contribution in [0, 0.1) is 0 Å². The van der Waals surface area contributed by atoms with Gasteiger partial charge in [-0.2, -0.15) is 13.2 Å². The Kier molecular flexibility index (Phi) is 8.73. The molecule has 0 saturated carbocycles. The number of rotatable bonds is 5. The zero-order chi connectivity index (χ0) is 25.8. The van der Waals surface area contributed by atoms with E-state index in [4.69, 9.17) is 21.5 Å². The number of hydrogen-bond acceptors (Lipinski definition) is 5. The maximum Gasteiger partial charge on any atom is 0.490 e. The minimum absolute atomic E-state index is 0.00918. The van der Waals surface area contributed by atoms with Crippen LogP contribution >= 0.6 is 11.6 Å². The van der Waals surface area contributed by atoms with Crippen LogP contribution in [-0.4, -0.2) is 62.3 Å². The average Bonchev–Trinajstić information content (AvgIpc) is 2.71. The van der Waals surface area contributed by atoms with Gasteiger partial charge < -0.3 is 19.7 Å². The minimum atomic E-state index is -5.08. The van der Waals surface area contributed by atoms with Crippen molar-refractivity contribution in [3.8, 4) is 5.75 Å². The highest BCUT2D eigenvalue weighted by molar-refractivity contribution is 6.30. The first kappa shape index (κ1) is 27.2. The second kappa shape index (κ2) is 10.9. The highest BCUT2D eigenvalue weighted by Crippen LogP contribution is 2.23. The fraction of sp³-hybridized carbons (Fsp3) is 0.409. The lowest BCUT2D eigenvalue weighted by Crippen LogP contribution is -2.46. The van der Waals surface area contributed by atoms with Gasteiger partial charge in [-0.3, -0.25) is 14.5 Å². The van der Waals surface area contributed by atoms with Gasteiger partial charge in [-0.1, -0.05) is 23.7 Å². The predicted octanol–water partition coefficient (Wildman–Crippen LogP) is 3.34. The quantitative estimate of drug-likeness (QED) is 0.649. The van der Waals surface area contributed by atoms with Crippen LogP contribution in [0.25, 0.3) is 0 Å². The molecule has 3 rings (SSSR count). The van der Waals surface area contributed by atoms with E-state index in [-0.39, 0.29) is 17.6 Å². The van der Waals surface area contributed by atoms with Gasteiger partial charge in [0.05, 0.1) is 0 Å². The molecule has 1 aliphatic heterocycles. The first-order chi connectivity index (χ1) is 15.7. The van der Waals surface area contributed by atoms with Crippen molar-refractivity contribution in [3.63, 3.8) is 0 Å². The molecule has 34 heavy (non-hydrogen) atoms. The summed E-state index contributed by atoms with van der Waals surface area (Å²) in [6.45, 7) is 6.07. The number of fused-ring (bicyclic) bond motifs is 1. The molecule has 0 fully saturated rings. The molecule has 12 heteroatoms. The average molecular weight is 504 g/mol. The van der Waals surface area contributed by atoms with E-state index in [1.54, 1.807) is 9.47 Å². The van der Waals surface area contributed by atoms with E-state index in [1.165, 1.54) is 6.07 Å².